The number of rotatable bonds is 5. The fraction of sp³-hybridized carbons (Fsp3) is 0.118. The van der Waals surface area contributed by atoms with Gasteiger partial charge in [0.05, 0.1) is 26.0 Å². The number of aromatic amines is 1. The second-order valence-corrected chi connectivity index (χ2v) is 5.13. The number of nitrogens with zero attached hydrogens (tertiary/aromatic N) is 3. The molecular formula is C17H14N4O4. The number of methoxy groups -OCH3 is 2. The highest BCUT2D eigenvalue weighted by Crippen LogP contribution is 2.33. The molecule has 126 valence electrons. The van der Waals surface area contributed by atoms with E-state index in [1.54, 1.807) is 44.7 Å². The minimum Gasteiger partial charge on any atom is -0.497 e. The molecule has 0 aliphatic heterocycles. The maximum Gasteiger partial charge on any atom is 0.276 e. The number of hydrogen-bond donors (Lipinski definition) is 1. The van der Waals surface area contributed by atoms with Crippen molar-refractivity contribution in [3.05, 3.63) is 42.7 Å². The van der Waals surface area contributed by atoms with E-state index in [0.717, 1.165) is 0 Å². The summed E-state index contributed by atoms with van der Waals surface area (Å²) in [5.74, 6) is 2.65. The zero-order valence-corrected chi connectivity index (χ0v) is 13.5. The van der Waals surface area contributed by atoms with Crippen molar-refractivity contribution < 1.29 is 18.4 Å². The topological polar surface area (TPSA) is 99.2 Å². The van der Waals surface area contributed by atoms with Crippen LogP contribution in [-0.2, 0) is 0 Å². The van der Waals surface area contributed by atoms with E-state index in [1.807, 2.05) is 12.1 Å². The van der Waals surface area contributed by atoms with Crippen molar-refractivity contribution in [1.29, 1.82) is 0 Å². The lowest BCUT2D eigenvalue weighted by atomic mass is 10.2. The first-order valence-corrected chi connectivity index (χ1v) is 7.44. The maximum atomic E-state index is 5.38. The monoisotopic (exact) mass is 338 g/mol. The first-order chi connectivity index (χ1) is 12.3. The molecule has 0 saturated carbocycles. The van der Waals surface area contributed by atoms with Gasteiger partial charge in [-0.05, 0) is 24.3 Å². The highest BCUT2D eigenvalue weighted by Gasteiger charge is 2.17. The number of aromatic nitrogens is 4. The van der Waals surface area contributed by atoms with E-state index in [9.17, 15) is 0 Å². The molecule has 0 radical (unpaired) electrons. The van der Waals surface area contributed by atoms with Crippen LogP contribution in [0.5, 0.6) is 11.5 Å². The van der Waals surface area contributed by atoms with Crippen LogP contribution in [0.3, 0.4) is 0 Å². The van der Waals surface area contributed by atoms with Crippen LogP contribution in [-0.4, -0.2) is 34.6 Å². The molecule has 4 aromatic rings. The van der Waals surface area contributed by atoms with Gasteiger partial charge in [0.2, 0.25) is 5.82 Å². The Bertz CT molecular complexity index is 988. The Labute approximate surface area is 142 Å². The van der Waals surface area contributed by atoms with Crippen LogP contribution in [0.2, 0.25) is 0 Å². The Hall–Kier alpha value is -3.55. The standard InChI is InChI=1S/C17H14N4O4/c1-22-10-5-6-11(15(8-10)23-2)16-18-17(25-21-16)13-9-12(19-20-13)14-4-3-7-24-14/h3-9H,1-2H3,(H,19,20). The van der Waals surface area contributed by atoms with Crippen LogP contribution < -0.4 is 9.47 Å². The number of benzene rings is 1. The number of nitrogens with one attached hydrogen (secondary N) is 1. The van der Waals surface area contributed by atoms with Crippen molar-refractivity contribution in [2.45, 2.75) is 0 Å². The van der Waals surface area contributed by atoms with E-state index < -0.39 is 0 Å². The first-order valence-electron chi connectivity index (χ1n) is 7.44. The smallest absolute Gasteiger partial charge is 0.276 e. The first kappa shape index (κ1) is 15.0. The number of H-pyrrole nitrogens is 1. The SMILES string of the molecule is COc1ccc(-c2noc(-c3cc(-c4ccco4)n[nH]3)n2)c(OC)c1. The summed E-state index contributed by atoms with van der Waals surface area (Å²) in [7, 11) is 3.17. The molecule has 0 aliphatic rings. The zero-order valence-electron chi connectivity index (χ0n) is 13.5. The lowest BCUT2D eigenvalue weighted by Gasteiger charge is -2.07. The summed E-state index contributed by atoms with van der Waals surface area (Å²) in [6, 6.07) is 10.8. The number of furan rings is 1. The fourth-order valence-electron chi connectivity index (χ4n) is 2.41. The molecule has 1 aromatic carbocycles. The van der Waals surface area contributed by atoms with Crippen LogP contribution in [0, 0.1) is 0 Å². The Morgan fingerprint density at radius 1 is 1.08 bits per heavy atom. The van der Waals surface area contributed by atoms with Gasteiger partial charge in [-0.1, -0.05) is 5.16 Å². The van der Waals surface area contributed by atoms with Gasteiger partial charge in [0.1, 0.15) is 22.9 Å². The molecular weight excluding hydrogens is 324 g/mol. The summed E-state index contributed by atoms with van der Waals surface area (Å²) in [6.45, 7) is 0. The van der Waals surface area contributed by atoms with E-state index in [2.05, 4.69) is 20.3 Å². The van der Waals surface area contributed by atoms with E-state index in [1.165, 1.54) is 0 Å². The number of hydrogen-bond acceptors (Lipinski definition) is 7. The minimum atomic E-state index is 0.318. The lowest BCUT2D eigenvalue weighted by molar-refractivity contribution is 0.394. The molecule has 8 nitrogen and oxygen atoms in total. The van der Waals surface area contributed by atoms with Crippen LogP contribution in [0.25, 0.3) is 34.4 Å². The van der Waals surface area contributed by atoms with Crippen LogP contribution >= 0.6 is 0 Å². The molecule has 0 unspecified atom stereocenters. The summed E-state index contributed by atoms with van der Waals surface area (Å²) in [6.07, 6.45) is 1.59. The van der Waals surface area contributed by atoms with Crippen molar-refractivity contribution in [3.8, 4) is 45.9 Å². The van der Waals surface area contributed by atoms with Gasteiger partial charge < -0.3 is 18.4 Å². The zero-order chi connectivity index (χ0) is 17.2. The van der Waals surface area contributed by atoms with Crippen molar-refractivity contribution in [2.24, 2.45) is 0 Å². The molecule has 0 saturated heterocycles. The predicted octanol–water partition coefficient (Wildman–Crippen LogP) is 3.40. The second kappa shape index (κ2) is 6.16. The van der Waals surface area contributed by atoms with Crippen LogP contribution in [0.1, 0.15) is 0 Å². The Morgan fingerprint density at radius 2 is 2.00 bits per heavy atom. The molecule has 0 bridgehead atoms. The van der Waals surface area contributed by atoms with Crippen molar-refractivity contribution in [2.75, 3.05) is 14.2 Å². The summed E-state index contributed by atoms with van der Waals surface area (Å²) < 4.78 is 21.2. The molecule has 0 aliphatic carbocycles. The summed E-state index contributed by atoms with van der Waals surface area (Å²) >= 11 is 0. The van der Waals surface area contributed by atoms with E-state index in [-0.39, 0.29) is 0 Å². The van der Waals surface area contributed by atoms with Gasteiger partial charge in [-0.2, -0.15) is 10.1 Å². The molecule has 1 N–H and O–H groups in total. The molecule has 0 atom stereocenters. The average molecular weight is 338 g/mol. The molecule has 0 spiro atoms. The van der Waals surface area contributed by atoms with Gasteiger partial charge in [0.15, 0.2) is 5.76 Å². The fourth-order valence-corrected chi connectivity index (χ4v) is 2.41. The normalized spacial score (nSPS) is 10.8. The van der Waals surface area contributed by atoms with Gasteiger partial charge in [0.25, 0.3) is 5.89 Å². The molecule has 0 amide bonds. The summed E-state index contributed by atoms with van der Waals surface area (Å²) in [5.41, 5.74) is 1.95. The molecule has 4 rings (SSSR count). The van der Waals surface area contributed by atoms with Crippen molar-refractivity contribution in [1.82, 2.24) is 20.3 Å². The van der Waals surface area contributed by atoms with Crippen LogP contribution in [0.15, 0.2) is 51.6 Å². The molecule has 8 heteroatoms. The Morgan fingerprint density at radius 3 is 2.76 bits per heavy atom. The quantitative estimate of drug-likeness (QED) is 0.595. The molecule has 25 heavy (non-hydrogen) atoms. The van der Waals surface area contributed by atoms with E-state index in [0.29, 0.717) is 45.9 Å². The third-order valence-electron chi connectivity index (χ3n) is 3.66. The Kier molecular flexibility index (Phi) is 3.70. The van der Waals surface area contributed by atoms with Crippen molar-refractivity contribution >= 4 is 0 Å². The van der Waals surface area contributed by atoms with Crippen molar-refractivity contribution in [3.63, 3.8) is 0 Å². The summed E-state index contributed by atoms with van der Waals surface area (Å²) in [4.78, 5) is 4.41. The predicted molar refractivity (Wildman–Crippen MR) is 88.1 cm³/mol. The summed E-state index contributed by atoms with van der Waals surface area (Å²) in [5, 5.41) is 11.1. The van der Waals surface area contributed by atoms with Crippen LogP contribution in [0.4, 0.5) is 0 Å². The van der Waals surface area contributed by atoms with Gasteiger partial charge in [0, 0.05) is 12.1 Å². The molecule has 3 heterocycles. The van der Waals surface area contributed by atoms with E-state index in [4.69, 9.17) is 18.4 Å². The average Bonchev–Trinajstić information content (AvgIpc) is 3.41. The number of ether oxygens (including phenoxy) is 2. The highest BCUT2D eigenvalue weighted by atomic mass is 16.5. The lowest BCUT2D eigenvalue weighted by Crippen LogP contribution is -1.91. The maximum absolute atomic E-state index is 5.38. The largest absolute Gasteiger partial charge is 0.497 e. The molecule has 0 fully saturated rings. The molecule has 3 aromatic heterocycles. The second-order valence-electron chi connectivity index (χ2n) is 5.13. The van der Waals surface area contributed by atoms with Gasteiger partial charge >= 0.3 is 0 Å². The van der Waals surface area contributed by atoms with Gasteiger partial charge in [-0.15, -0.1) is 0 Å². The van der Waals surface area contributed by atoms with Gasteiger partial charge in [-0.25, -0.2) is 0 Å². The highest BCUT2D eigenvalue weighted by molar-refractivity contribution is 5.67. The third-order valence-corrected chi connectivity index (χ3v) is 3.66. The van der Waals surface area contributed by atoms with Gasteiger partial charge in [-0.3, -0.25) is 5.10 Å². The third kappa shape index (κ3) is 2.74. The minimum absolute atomic E-state index is 0.318. The van der Waals surface area contributed by atoms with E-state index >= 15 is 0 Å². The Balaban J connectivity index is 1.67.